The Hall–Kier alpha value is -2.78. The van der Waals surface area contributed by atoms with Gasteiger partial charge in [0, 0.05) is 18.9 Å². The summed E-state index contributed by atoms with van der Waals surface area (Å²) in [4.78, 5) is 34.5. The highest BCUT2D eigenvalue weighted by Gasteiger charge is 2.24. The van der Waals surface area contributed by atoms with Gasteiger partial charge in [0.1, 0.15) is 5.15 Å². The summed E-state index contributed by atoms with van der Waals surface area (Å²) in [5, 5.41) is 4.09. The van der Waals surface area contributed by atoms with Crippen molar-refractivity contribution in [1.29, 1.82) is 0 Å². The van der Waals surface area contributed by atoms with Gasteiger partial charge in [0.05, 0.1) is 29.2 Å². The number of nitrogens with one attached hydrogen (secondary N) is 2. The molecule has 1 saturated carbocycles. The first-order valence-electron chi connectivity index (χ1n) is 10.7. The number of rotatable bonds is 8. The highest BCUT2D eigenvalue weighted by Crippen LogP contribution is 2.31. The van der Waals surface area contributed by atoms with Crippen molar-refractivity contribution in [2.24, 2.45) is 13.0 Å². The standard InChI is InChI=1S/C23H26ClN5O3S/c1-12-9-15(13(2)25-17-7-8-18(24)26-20(17)21(30)28-33-4)19-16(10-12)22(31)29(3)23(27-19)32-11-14-5-6-14/h7-10,13-14,25H,5-6,11H2,1-4H3,(H,28,30). The Labute approximate surface area is 201 Å². The number of halogens is 1. The van der Waals surface area contributed by atoms with Crippen molar-refractivity contribution in [1.82, 2.24) is 19.3 Å². The van der Waals surface area contributed by atoms with Crippen LogP contribution in [0.15, 0.2) is 29.1 Å². The number of hydrogen-bond acceptors (Lipinski definition) is 7. The van der Waals surface area contributed by atoms with E-state index in [1.54, 1.807) is 25.4 Å². The molecule has 3 aromatic rings. The number of ether oxygens (including phenoxy) is 1. The van der Waals surface area contributed by atoms with Crippen molar-refractivity contribution < 1.29 is 9.53 Å². The highest BCUT2D eigenvalue weighted by atomic mass is 35.5. The van der Waals surface area contributed by atoms with Gasteiger partial charge < -0.3 is 10.1 Å². The number of fused-ring (bicyclic) bond motifs is 1. The molecular weight excluding hydrogens is 462 g/mol. The molecule has 0 saturated heterocycles. The van der Waals surface area contributed by atoms with Crippen LogP contribution in [0.25, 0.3) is 10.9 Å². The normalized spacial score (nSPS) is 14.2. The summed E-state index contributed by atoms with van der Waals surface area (Å²) in [6.45, 7) is 4.45. The van der Waals surface area contributed by atoms with E-state index in [-0.39, 0.29) is 28.4 Å². The first-order chi connectivity index (χ1) is 15.8. The van der Waals surface area contributed by atoms with E-state index in [1.807, 2.05) is 26.0 Å². The van der Waals surface area contributed by atoms with E-state index >= 15 is 0 Å². The van der Waals surface area contributed by atoms with Gasteiger partial charge >= 0.3 is 0 Å². The number of aryl methyl sites for hydroxylation is 1. The molecule has 1 aliphatic rings. The number of anilines is 1. The van der Waals surface area contributed by atoms with Gasteiger partial charge in [-0.05, 0) is 56.4 Å². The molecule has 2 N–H and O–H groups in total. The molecule has 0 aliphatic heterocycles. The van der Waals surface area contributed by atoms with E-state index in [9.17, 15) is 9.59 Å². The molecule has 0 spiro atoms. The number of hydrogen-bond donors (Lipinski definition) is 2. The van der Waals surface area contributed by atoms with Gasteiger partial charge in [-0.1, -0.05) is 29.6 Å². The molecule has 33 heavy (non-hydrogen) atoms. The predicted octanol–water partition coefficient (Wildman–Crippen LogP) is 4.26. The van der Waals surface area contributed by atoms with Crippen LogP contribution >= 0.6 is 23.5 Å². The largest absolute Gasteiger partial charge is 0.464 e. The van der Waals surface area contributed by atoms with Crippen LogP contribution < -0.4 is 20.3 Å². The lowest BCUT2D eigenvalue weighted by Gasteiger charge is -2.20. The molecule has 174 valence electrons. The number of amides is 1. The quantitative estimate of drug-likeness (QED) is 0.362. The Morgan fingerprint density at radius 3 is 2.79 bits per heavy atom. The van der Waals surface area contributed by atoms with Gasteiger partial charge in [-0.25, -0.2) is 4.98 Å². The van der Waals surface area contributed by atoms with Crippen LogP contribution in [0.2, 0.25) is 5.15 Å². The van der Waals surface area contributed by atoms with Gasteiger partial charge in [0.25, 0.3) is 17.5 Å². The average molecular weight is 488 g/mol. The average Bonchev–Trinajstić information content (AvgIpc) is 3.61. The zero-order valence-corrected chi connectivity index (χ0v) is 20.5. The minimum absolute atomic E-state index is 0.156. The summed E-state index contributed by atoms with van der Waals surface area (Å²) < 4.78 is 10.0. The number of nitrogens with zero attached hydrogens (tertiary/aromatic N) is 3. The van der Waals surface area contributed by atoms with Gasteiger partial charge in [-0.15, -0.1) is 0 Å². The van der Waals surface area contributed by atoms with E-state index < -0.39 is 0 Å². The lowest BCUT2D eigenvalue weighted by Crippen LogP contribution is -2.23. The van der Waals surface area contributed by atoms with Gasteiger partial charge in [-0.2, -0.15) is 4.98 Å². The lowest BCUT2D eigenvalue weighted by molar-refractivity contribution is 0.0980. The van der Waals surface area contributed by atoms with Crippen molar-refractivity contribution in [2.75, 3.05) is 18.2 Å². The Kier molecular flexibility index (Phi) is 6.81. The van der Waals surface area contributed by atoms with E-state index in [2.05, 4.69) is 15.0 Å². The molecule has 1 unspecified atom stereocenters. The lowest BCUT2D eigenvalue weighted by atomic mass is 10.0. The second kappa shape index (κ2) is 9.61. The monoisotopic (exact) mass is 487 g/mol. The molecule has 2 aromatic heterocycles. The van der Waals surface area contributed by atoms with Crippen LogP contribution in [0.3, 0.4) is 0 Å². The minimum atomic E-state index is -0.350. The first-order valence-corrected chi connectivity index (χ1v) is 12.3. The molecule has 8 nitrogen and oxygen atoms in total. The SMILES string of the molecule is CSNC(=O)c1nc(Cl)ccc1NC(C)c1cc(C)cc2c(=O)n(C)c(OCC3CC3)nc12. The van der Waals surface area contributed by atoms with E-state index in [1.165, 1.54) is 16.5 Å². The molecular formula is C23H26ClN5O3S. The third-order valence-corrected chi connectivity index (χ3v) is 6.17. The fraction of sp³-hybridized carbons (Fsp3) is 0.391. The molecule has 2 heterocycles. The number of carbonyl (C=O) groups is 1. The third-order valence-electron chi connectivity index (χ3n) is 5.57. The molecule has 0 bridgehead atoms. The molecule has 1 aromatic carbocycles. The smallest absolute Gasteiger partial charge is 0.299 e. The van der Waals surface area contributed by atoms with Gasteiger partial charge in [-0.3, -0.25) is 18.9 Å². The summed E-state index contributed by atoms with van der Waals surface area (Å²) in [5.41, 5.74) is 2.90. The minimum Gasteiger partial charge on any atom is -0.464 e. The van der Waals surface area contributed by atoms with Crippen LogP contribution in [0.4, 0.5) is 5.69 Å². The maximum absolute atomic E-state index is 13.1. The van der Waals surface area contributed by atoms with Crippen LogP contribution in [0.5, 0.6) is 6.01 Å². The van der Waals surface area contributed by atoms with Crippen LogP contribution in [-0.2, 0) is 7.05 Å². The Morgan fingerprint density at radius 2 is 2.09 bits per heavy atom. The predicted molar refractivity (Wildman–Crippen MR) is 132 cm³/mol. The zero-order valence-electron chi connectivity index (χ0n) is 18.9. The number of benzene rings is 1. The Morgan fingerprint density at radius 1 is 1.33 bits per heavy atom. The summed E-state index contributed by atoms with van der Waals surface area (Å²) >= 11 is 7.22. The van der Waals surface area contributed by atoms with Crippen molar-refractivity contribution >= 4 is 46.0 Å². The van der Waals surface area contributed by atoms with Crippen LogP contribution in [0.1, 0.15) is 47.4 Å². The second-order valence-electron chi connectivity index (χ2n) is 8.29. The molecule has 1 atom stereocenters. The van der Waals surface area contributed by atoms with Crippen molar-refractivity contribution in [3.63, 3.8) is 0 Å². The maximum atomic E-state index is 13.1. The molecule has 4 rings (SSSR count). The fourth-order valence-electron chi connectivity index (χ4n) is 3.65. The summed E-state index contributed by atoms with van der Waals surface area (Å²) in [5.74, 6) is 0.190. The number of carbonyl (C=O) groups excluding carboxylic acids is 1. The molecule has 1 amide bonds. The molecule has 0 radical (unpaired) electrons. The highest BCUT2D eigenvalue weighted by molar-refractivity contribution is 7.97. The van der Waals surface area contributed by atoms with Gasteiger partial charge in [0.15, 0.2) is 5.69 Å². The summed E-state index contributed by atoms with van der Waals surface area (Å²) in [7, 11) is 1.68. The Bertz CT molecular complexity index is 1280. The van der Waals surface area contributed by atoms with E-state index in [0.29, 0.717) is 35.1 Å². The number of aromatic nitrogens is 3. The molecule has 10 heteroatoms. The van der Waals surface area contributed by atoms with Crippen molar-refractivity contribution in [2.45, 2.75) is 32.7 Å². The third kappa shape index (κ3) is 5.09. The summed E-state index contributed by atoms with van der Waals surface area (Å²) in [6.07, 6.45) is 4.05. The Balaban J connectivity index is 1.74. The van der Waals surface area contributed by atoms with Crippen LogP contribution in [-0.4, -0.2) is 33.3 Å². The number of pyridine rings is 1. The second-order valence-corrected chi connectivity index (χ2v) is 9.29. The topological polar surface area (TPSA) is 98.1 Å². The van der Waals surface area contributed by atoms with Crippen LogP contribution in [0, 0.1) is 12.8 Å². The fourth-order valence-corrected chi connectivity index (χ4v) is 4.08. The van der Waals surface area contributed by atoms with E-state index in [0.717, 1.165) is 24.0 Å². The molecule has 1 fully saturated rings. The first kappa shape index (κ1) is 23.4. The van der Waals surface area contributed by atoms with Gasteiger partial charge in [0.2, 0.25) is 0 Å². The van der Waals surface area contributed by atoms with Crippen molar-refractivity contribution in [3.05, 3.63) is 56.6 Å². The van der Waals surface area contributed by atoms with E-state index in [4.69, 9.17) is 21.3 Å². The molecule has 1 aliphatic carbocycles. The summed E-state index contributed by atoms with van der Waals surface area (Å²) in [6, 6.07) is 7.19. The maximum Gasteiger partial charge on any atom is 0.299 e. The zero-order chi connectivity index (χ0) is 23.7. The van der Waals surface area contributed by atoms with Crippen molar-refractivity contribution in [3.8, 4) is 6.01 Å².